The monoisotopic (exact) mass is 346 g/mol. The van der Waals surface area contributed by atoms with Gasteiger partial charge >= 0.3 is 5.97 Å². The Hall–Kier alpha value is -2.53. The average molecular weight is 347 g/mol. The number of nitrogens with one attached hydrogen (secondary N) is 2. The zero-order valence-electron chi connectivity index (χ0n) is 13.6. The van der Waals surface area contributed by atoms with Crippen LogP contribution in [0.3, 0.4) is 0 Å². The Kier molecular flexibility index (Phi) is 6.21. The first-order chi connectivity index (χ1) is 11.5. The molecule has 0 heterocycles. The Morgan fingerprint density at radius 3 is 2.67 bits per heavy atom. The van der Waals surface area contributed by atoms with Crippen molar-refractivity contribution in [3.63, 3.8) is 0 Å². The zero-order chi connectivity index (χ0) is 17.5. The molecule has 2 N–H and O–H groups in total. The number of rotatable bonds is 6. The SMILES string of the molecule is COC(=O)c1cccc(NCCC(=O)Nc2cccc(Cl)c2C)c1. The third-order valence-electron chi connectivity index (χ3n) is 3.51. The van der Waals surface area contributed by atoms with E-state index in [2.05, 4.69) is 15.4 Å². The van der Waals surface area contributed by atoms with Crippen molar-refractivity contribution in [1.29, 1.82) is 0 Å². The number of carbonyl (C=O) groups is 2. The number of anilines is 2. The van der Waals surface area contributed by atoms with E-state index < -0.39 is 5.97 Å². The van der Waals surface area contributed by atoms with E-state index in [4.69, 9.17) is 11.6 Å². The fourth-order valence-corrected chi connectivity index (χ4v) is 2.32. The molecule has 2 rings (SSSR count). The van der Waals surface area contributed by atoms with Gasteiger partial charge in [-0.3, -0.25) is 4.79 Å². The summed E-state index contributed by atoms with van der Waals surface area (Å²) in [6, 6.07) is 12.3. The minimum Gasteiger partial charge on any atom is -0.465 e. The van der Waals surface area contributed by atoms with Gasteiger partial charge in [-0.2, -0.15) is 0 Å². The van der Waals surface area contributed by atoms with Gasteiger partial charge in [-0.25, -0.2) is 4.79 Å². The number of benzene rings is 2. The van der Waals surface area contributed by atoms with Crippen LogP contribution in [-0.2, 0) is 9.53 Å². The Labute approximate surface area is 146 Å². The van der Waals surface area contributed by atoms with Crippen LogP contribution in [0.25, 0.3) is 0 Å². The first-order valence-electron chi connectivity index (χ1n) is 7.48. The van der Waals surface area contributed by atoms with Gasteiger partial charge in [0.2, 0.25) is 5.91 Å². The lowest BCUT2D eigenvalue weighted by Gasteiger charge is -2.10. The molecule has 0 saturated heterocycles. The highest BCUT2D eigenvalue weighted by Gasteiger charge is 2.08. The number of ether oxygens (including phenoxy) is 1. The van der Waals surface area contributed by atoms with Crippen molar-refractivity contribution in [2.75, 3.05) is 24.3 Å². The van der Waals surface area contributed by atoms with Gasteiger partial charge < -0.3 is 15.4 Å². The summed E-state index contributed by atoms with van der Waals surface area (Å²) in [5.41, 5.74) is 2.76. The maximum Gasteiger partial charge on any atom is 0.337 e. The zero-order valence-corrected chi connectivity index (χ0v) is 14.3. The summed E-state index contributed by atoms with van der Waals surface area (Å²) in [6.07, 6.45) is 0.286. The molecule has 2 aromatic rings. The summed E-state index contributed by atoms with van der Waals surface area (Å²) < 4.78 is 4.68. The molecule has 0 aliphatic carbocycles. The van der Waals surface area contributed by atoms with Crippen LogP contribution in [0, 0.1) is 6.92 Å². The highest BCUT2D eigenvalue weighted by atomic mass is 35.5. The summed E-state index contributed by atoms with van der Waals surface area (Å²) in [5.74, 6) is -0.509. The lowest BCUT2D eigenvalue weighted by atomic mass is 10.2. The summed E-state index contributed by atoms with van der Waals surface area (Å²) in [5, 5.41) is 6.57. The lowest BCUT2D eigenvalue weighted by molar-refractivity contribution is -0.115. The Morgan fingerprint density at radius 1 is 1.17 bits per heavy atom. The fraction of sp³-hybridized carbons (Fsp3) is 0.222. The molecule has 0 spiro atoms. The molecular weight excluding hydrogens is 328 g/mol. The van der Waals surface area contributed by atoms with E-state index in [9.17, 15) is 9.59 Å². The van der Waals surface area contributed by atoms with E-state index in [1.165, 1.54) is 7.11 Å². The van der Waals surface area contributed by atoms with Crippen LogP contribution in [0.1, 0.15) is 22.3 Å². The predicted octanol–water partition coefficient (Wildman–Crippen LogP) is 3.88. The molecule has 0 aliphatic heterocycles. The fourth-order valence-electron chi connectivity index (χ4n) is 2.15. The number of halogens is 1. The van der Waals surface area contributed by atoms with Gasteiger partial charge in [0.25, 0.3) is 0 Å². The van der Waals surface area contributed by atoms with Gasteiger partial charge in [-0.15, -0.1) is 0 Å². The van der Waals surface area contributed by atoms with E-state index in [0.29, 0.717) is 22.8 Å². The van der Waals surface area contributed by atoms with Gasteiger partial charge in [0.1, 0.15) is 0 Å². The van der Waals surface area contributed by atoms with Crippen molar-refractivity contribution in [1.82, 2.24) is 0 Å². The number of hydrogen-bond donors (Lipinski definition) is 2. The van der Waals surface area contributed by atoms with E-state index in [1.54, 1.807) is 30.3 Å². The third-order valence-corrected chi connectivity index (χ3v) is 3.92. The van der Waals surface area contributed by atoms with Crippen LogP contribution in [0.5, 0.6) is 0 Å². The van der Waals surface area contributed by atoms with Crippen molar-refractivity contribution in [3.8, 4) is 0 Å². The van der Waals surface area contributed by atoms with Crippen molar-refractivity contribution >= 4 is 34.9 Å². The number of hydrogen-bond acceptors (Lipinski definition) is 4. The Morgan fingerprint density at radius 2 is 1.92 bits per heavy atom. The van der Waals surface area contributed by atoms with Crippen LogP contribution in [0.2, 0.25) is 5.02 Å². The molecule has 5 nitrogen and oxygen atoms in total. The molecule has 2 aromatic carbocycles. The van der Waals surface area contributed by atoms with Crippen LogP contribution < -0.4 is 10.6 Å². The summed E-state index contributed by atoms with van der Waals surface area (Å²) in [4.78, 5) is 23.5. The van der Waals surface area contributed by atoms with Crippen LogP contribution in [0.4, 0.5) is 11.4 Å². The van der Waals surface area contributed by atoms with Crippen LogP contribution in [0.15, 0.2) is 42.5 Å². The standard InChI is InChI=1S/C18H19ClN2O3/c1-12-15(19)7-4-8-16(12)21-17(22)9-10-20-14-6-3-5-13(11-14)18(23)24-2/h3-8,11,20H,9-10H2,1-2H3,(H,21,22). The second kappa shape index (κ2) is 8.36. The van der Waals surface area contributed by atoms with Gasteiger partial charge in [-0.1, -0.05) is 23.7 Å². The maximum atomic E-state index is 12.0. The van der Waals surface area contributed by atoms with Gasteiger partial charge in [0.05, 0.1) is 12.7 Å². The first kappa shape index (κ1) is 17.8. The molecule has 126 valence electrons. The molecule has 0 unspecified atom stereocenters. The second-order valence-electron chi connectivity index (χ2n) is 5.21. The molecule has 0 bridgehead atoms. The number of carbonyl (C=O) groups excluding carboxylic acids is 2. The van der Waals surface area contributed by atoms with Gasteiger partial charge in [0.15, 0.2) is 0 Å². The quantitative estimate of drug-likeness (QED) is 0.779. The molecule has 0 aliphatic rings. The third kappa shape index (κ3) is 4.73. The average Bonchev–Trinajstić information content (AvgIpc) is 2.58. The lowest BCUT2D eigenvalue weighted by Crippen LogP contribution is -2.17. The minimum atomic E-state index is -0.396. The van der Waals surface area contributed by atoms with Gasteiger partial charge in [-0.05, 0) is 42.8 Å². The van der Waals surface area contributed by atoms with Crippen molar-refractivity contribution in [2.45, 2.75) is 13.3 Å². The van der Waals surface area contributed by atoms with Crippen molar-refractivity contribution in [2.24, 2.45) is 0 Å². The number of esters is 1. The molecule has 6 heteroatoms. The van der Waals surface area contributed by atoms with E-state index >= 15 is 0 Å². The Balaban J connectivity index is 1.87. The first-order valence-corrected chi connectivity index (χ1v) is 7.86. The van der Waals surface area contributed by atoms with E-state index in [1.807, 2.05) is 19.1 Å². The molecule has 1 amide bonds. The molecular formula is C18H19ClN2O3. The highest BCUT2D eigenvalue weighted by Crippen LogP contribution is 2.23. The Bertz CT molecular complexity index is 747. The summed E-state index contributed by atoms with van der Waals surface area (Å²) in [6.45, 7) is 2.30. The van der Waals surface area contributed by atoms with E-state index in [-0.39, 0.29) is 12.3 Å². The van der Waals surface area contributed by atoms with Crippen molar-refractivity contribution in [3.05, 3.63) is 58.6 Å². The number of methoxy groups -OCH3 is 1. The smallest absolute Gasteiger partial charge is 0.337 e. The van der Waals surface area contributed by atoms with E-state index in [0.717, 1.165) is 11.3 Å². The van der Waals surface area contributed by atoms with Gasteiger partial charge in [0, 0.05) is 29.4 Å². The summed E-state index contributed by atoms with van der Waals surface area (Å²) >= 11 is 6.03. The largest absolute Gasteiger partial charge is 0.465 e. The topological polar surface area (TPSA) is 67.4 Å². The second-order valence-corrected chi connectivity index (χ2v) is 5.62. The predicted molar refractivity (Wildman–Crippen MR) is 95.7 cm³/mol. The van der Waals surface area contributed by atoms with Crippen molar-refractivity contribution < 1.29 is 14.3 Å². The molecule has 0 aromatic heterocycles. The normalized spacial score (nSPS) is 10.1. The van der Waals surface area contributed by atoms with Crippen LogP contribution in [-0.4, -0.2) is 25.5 Å². The molecule has 0 fully saturated rings. The summed E-state index contributed by atoms with van der Waals surface area (Å²) in [7, 11) is 1.34. The maximum absolute atomic E-state index is 12.0. The molecule has 0 radical (unpaired) electrons. The van der Waals surface area contributed by atoms with Crippen LogP contribution >= 0.6 is 11.6 Å². The molecule has 0 saturated carbocycles. The highest BCUT2D eigenvalue weighted by molar-refractivity contribution is 6.31. The minimum absolute atomic E-state index is 0.114. The number of amides is 1. The molecule has 0 atom stereocenters. The molecule has 24 heavy (non-hydrogen) atoms.